The van der Waals surface area contributed by atoms with Crippen molar-refractivity contribution in [1.29, 1.82) is 0 Å². The first kappa shape index (κ1) is 13.8. The molecule has 2 aromatic heterocycles. The Labute approximate surface area is 126 Å². The minimum Gasteiger partial charge on any atom is -0.439 e. The number of hydrogen-bond acceptors (Lipinski definition) is 5. The minimum atomic E-state index is -0.297. The van der Waals surface area contributed by atoms with E-state index in [1.165, 1.54) is 0 Å². The summed E-state index contributed by atoms with van der Waals surface area (Å²) in [6, 6.07) is 8.77. The van der Waals surface area contributed by atoms with Gasteiger partial charge < -0.3 is 4.42 Å². The second-order valence-corrected chi connectivity index (χ2v) is 4.57. The third-order valence-electron chi connectivity index (χ3n) is 3.11. The van der Waals surface area contributed by atoms with Gasteiger partial charge in [0.25, 0.3) is 5.56 Å². The Balaban J connectivity index is 2.02. The van der Waals surface area contributed by atoms with Crippen LogP contribution in [0.2, 0.25) is 0 Å². The van der Waals surface area contributed by atoms with E-state index in [0.29, 0.717) is 22.5 Å². The van der Waals surface area contributed by atoms with Gasteiger partial charge in [-0.05, 0) is 30.3 Å². The fourth-order valence-electron chi connectivity index (χ4n) is 2.08. The standard InChI is InChI=1S/C16H14N4O2/c1-3-7-14-11(4-2)10-15(22-14)18-20-16(21)12-8-5-6-9-13(12)17-19-20/h3-10,18H,2H2,1H3/b7-3-. The van der Waals surface area contributed by atoms with Crippen molar-refractivity contribution in [2.24, 2.45) is 0 Å². The summed E-state index contributed by atoms with van der Waals surface area (Å²) in [5.74, 6) is 1.04. The lowest BCUT2D eigenvalue weighted by Crippen LogP contribution is -2.29. The number of furan rings is 1. The predicted octanol–water partition coefficient (Wildman–Crippen LogP) is 2.94. The molecule has 0 atom stereocenters. The number of hydrogen-bond donors (Lipinski definition) is 1. The maximum Gasteiger partial charge on any atom is 0.297 e. The zero-order chi connectivity index (χ0) is 15.5. The number of aromatic nitrogens is 3. The van der Waals surface area contributed by atoms with Crippen LogP contribution in [-0.2, 0) is 0 Å². The number of rotatable bonds is 4. The first-order valence-electron chi connectivity index (χ1n) is 6.73. The van der Waals surface area contributed by atoms with E-state index in [0.717, 1.165) is 10.4 Å². The Morgan fingerprint density at radius 1 is 1.36 bits per heavy atom. The molecule has 0 saturated heterocycles. The van der Waals surface area contributed by atoms with E-state index < -0.39 is 0 Å². The fourth-order valence-corrected chi connectivity index (χ4v) is 2.08. The van der Waals surface area contributed by atoms with Crippen LogP contribution in [0.5, 0.6) is 0 Å². The number of allylic oxidation sites excluding steroid dienone is 1. The maximum absolute atomic E-state index is 12.3. The predicted molar refractivity (Wildman–Crippen MR) is 86.3 cm³/mol. The molecule has 0 radical (unpaired) electrons. The molecule has 1 N–H and O–H groups in total. The van der Waals surface area contributed by atoms with Gasteiger partial charge in [-0.3, -0.25) is 4.79 Å². The van der Waals surface area contributed by atoms with Crippen molar-refractivity contribution in [1.82, 2.24) is 15.1 Å². The fraction of sp³-hybridized carbons (Fsp3) is 0.0625. The van der Waals surface area contributed by atoms with E-state index in [4.69, 9.17) is 4.42 Å². The number of benzene rings is 1. The average molecular weight is 294 g/mol. The lowest BCUT2D eigenvalue weighted by atomic mass is 10.2. The largest absolute Gasteiger partial charge is 0.439 e. The zero-order valence-corrected chi connectivity index (χ0v) is 12.0. The Morgan fingerprint density at radius 2 is 2.18 bits per heavy atom. The van der Waals surface area contributed by atoms with Crippen LogP contribution in [0.25, 0.3) is 23.1 Å². The third-order valence-corrected chi connectivity index (χ3v) is 3.11. The van der Waals surface area contributed by atoms with E-state index in [9.17, 15) is 4.79 Å². The quantitative estimate of drug-likeness (QED) is 0.801. The van der Waals surface area contributed by atoms with Crippen molar-refractivity contribution in [3.63, 3.8) is 0 Å². The molecule has 22 heavy (non-hydrogen) atoms. The van der Waals surface area contributed by atoms with Gasteiger partial charge in [-0.15, -0.1) is 9.89 Å². The molecule has 6 nitrogen and oxygen atoms in total. The van der Waals surface area contributed by atoms with Gasteiger partial charge in [0.2, 0.25) is 5.88 Å². The van der Waals surface area contributed by atoms with Gasteiger partial charge >= 0.3 is 0 Å². The average Bonchev–Trinajstić information content (AvgIpc) is 2.92. The van der Waals surface area contributed by atoms with Crippen LogP contribution in [0.1, 0.15) is 18.2 Å². The smallest absolute Gasteiger partial charge is 0.297 e. The van der Waals surface area contributed by atoms with E-state index in [1.807, 2.05) is 19.1 Å². The van der Waals surface area contributed by atoms with Crippen molar-refractivity contribution in [2.75, 3.05) is 5.43 Å². The van der Waals surface area contributed by atoms with Crippen molar-refractivity contribution in [2.45, 2.75) is 6.92 Å². The van der Waals surface area contributed by atoms with Crippen LogP contribution in [0.4, 0.5) is 5.88 Å². The Hall–Kier alpha value is -3.15. The molecule has 0 spiro atoms. The first-order chi connectivity index (χ1) is 10.7. The molecule has 0 aliphatic heterocycles. The number of nitrogens with zero attached hydrogens (tertiary/aromatic N) is 3. The summed E-state index contributed by atoms with van der Waals surface area (Å²) in [6.45, 7) is 5.63. The molecule has 0 saturated carbocycles. The highest BCUT2D eigenvalue weighted by atomic mass is 16.4. The normalized spacial score (nSPS) is 11.1. The zero-order valence-electron chi connectivity index (χ0n) is 12.0. The molecule has 1 aromatic carbocycles. The topological polar surface area (TPSA) is 73.0 Å². The molecule has 6 heteroatoms. The summed E-state index contributed by atoms with van der Waals surface area (Å²) in [7, 11) is 0. The van der Waals surface area contributed by atoms with Gasteiger partial charge in [-0.2, -0.15) is 0 Å². The van der Waals surface area contributed by atoms with Crippen molar-refractivity contribution < 1.29 is 4.42 Å². The van der Waals surface area contributed by atoms with E-state index in [-0.39, 0.29) is 5.56 Å². The van der Waals surface area contributed by atoms with Crippen LogP contribution < -0.4 is 11.0 Å². The van der Waals surface area contributed by atoms with Crippen molar-refractivity contribution >= 4 is 28.9 Å². The summed E-state index contributed by atoms with van der Waals surface area (Å²) < 4.78 is 5.62. The van der Waals surface area contributed by atoms with Crippen LogP contribution in [-0.4, -0.2) is 15.1 Å². The van der Waals surface area contributed by atoms with Crippen LogP contribution in [0.3, 0.4) is 0 Å². The molecule has 0 unspecified atom stereocenters. The van der Waals surface area contributed by atoms with Gasteiger partial charge in [-0.25, -0.2) is 5.43 Å². The molecule has 3 rings (SSSR count). The second kappa shape index (κ2) is 5.69. The van der Waals surface area contributed by atoms with E-state index in [2.05, 4.69) is 22.3 Å². The van der Waals surface area contributed by atoms with Gasteiger partial charge in [-0.1, -0.05) is 30.9 Å². The molecule has 0 aliphatic carbocycles. The van der Waals surface area contributed by atoms with E-state index >= 15 is 0 Å². The van der Waals surface area contributed by atoms with Gasteiger partial charge in [0.15, 0.2) is 0 Å². The lowest BCUT2D eigenvalue weighted by molar-refractivity contribution is 0.546. The monoisotopic (exact) mass is 294 g/mol. The summed E-state index contributed by atoms with van der Waals surface area (Å²) in [6.07, 6.45) is 5.35. The molecule has 2 heterocycles. The van der Waals surface area contributed by atoms with Crippen molar-refractivity contribution in [3.8, 4) is 0 Å². The van der Waals surface area contributed by atoms with Gasteiger partial charge in [0.05, 0.1) is 5.39 Å². The van der Waals surface area contributed by atoms with Crippen LogP contribution >= 0.6 is 0 Å². The van der Waals surface area contributed by atoms with Crippen LogP contribution in [0.15, 0.2) is 52.2 Å². The maximum atomic E-state index is 12.3. The summed E-state index contributed by atoms with van der Waals surface area (Å²) in [4.78, 5) is 13.4. The molecule has 0 fully saturated rings. The molecule has 0 bridgehead atoms. The third kappa shape index (κ3) is 2.42. The van der Waals surface area contributed by atoms with Gasteiger partial charge in [0.1, 0.15) is 11.3 Å². The molecular formula is C16H14N4O2. The summed E-state index contributed by atoms with van der Waals surface area (Å²) in [5, 5.41) is 8.33. The highest BCUT2D eigenvalue weighted by Crippen LogP contribution is 2.22. The minimum absolute atomic E-state index is 0.297. The SMILES string of the molecule is C=Cc1cc(Nn2nnc3ccccc3c2=O)oc1/C=C\C. The first-order valence-corrected chi connectivity index (χ1v) is 6.73. The second-order valence-electron chi connectivity index (χ2n) is 4.57. The van der Waals surface area contributed by atoms with Gasteiger partial charge in [0, 0.05) is 11.6 Å². The number of fused-ring (bicyclic) bond motifs is 1. The van der Waals surface area contributed by atoms with Crippen LogP contribution in [0, 0.1) is 0 Å². The Bertz CT molecular complexity index is 921. The Kier molecular flexibility index (Phi) is 3.57. The Morgan fingerprint density at radius 3 is 2.95 bits per heavy atom. The molecule has 110 valence electrons. The highest BCUT2D eigenvalue weighted by Gasteiger charge is 2.09. The molecule has 0 amide bonds. The lowest BCUT2D eigenvalue weighted by Gasteiger charge is -2.04. The number of nitrogens with one attached hydrogen (secondary N) is 1. The molecule has 3 aromatic rings. The highest BCUT2D eigenvalue weighted by molar-refractivity contribution is 5.76. The number of anilines is 1. The summed E-state index contributed by atoms with van der Waals surface area (Å²) in [5.41, 5.74) is 3.87. The molecular weight excluding hydrogens is 280 g/mol. The summed E-state index contributed by atoms with van der Waals surface area (Å²) >= 11 is 0. The van der Waals surface area contributed by atoms with Crippen molar-refractivity contribution in [3.05, 3.63) is 64.7 Å². The molecule has 0 aliphatic rings. The van der Waals surface area contributed by atoms with E-state index in [1.54, 1.807) is 36.4 Å².